The molecule has 1 rings (SSSR count). The number of nitro benzene ring substituents is 1. The number of hydrogen-bond acceptors (Lipinski definition) is 5. The molecule has 0 saturated heterocycles. The lowest BCUT2D eigenvalue weighted by atomic mass is 10.1. The van der Waals surface area contributed by atoms with Gasteiger partial charge < -0.3 is 9.64 Å². The molecular weight excluding hydrogens is 344 g/mol. The molecule has 1 aromatic carbocycles. The maximum absolute atomic E-state index is 12.1. The first-order chi connectivity index (χ1) is 9.86. The highest BCUT2D eigenvalue weighted by molar-refractivity contribution is 9.10. The lowest BCUT2D eigenvalue weighted by Gasteiger charge is -2.16. The second-order valence-corrected chi connectivity index (χ2v) is 5.18. The number of halogens is 1. The average Bonchev–Trinajstić information content (AvgIpc) is 2.46. The van der Waals surface area contributed by atoms with E-state index in [1.54, 1.807) is 7.05 Å². The molecule has 0 saturated carbocycles. The lowest BCUT2D eigenvalue weighted by molar-refractivity contribution is -0.385. The monoisotopic (exact) mass is 358 g/mol. The topological polar surface area (TPSA) is 89.8 Å². The summed E-state index contributed by atoms with van der Waals surface area (Å²) in [5.41, 5.74) is 0.0641. The van der Waals surface area contributed by atoms with Crippen LogP contribution in [0.3, 0.4) is 0 Å². The molecular formula is C13H15BrN2O5. The molecule has 0 heterocycles. The average molecular weight is 359 g/mol. The van der Waals surface area contributed by atoms with E-state index < -0.39 is 4.92 Å². The second kappa shape index (κ2) is 7.72. The number of benzene rings is 1. The van der Waals surface area contributed by atoms with Crippen molar-refractivity contribution < 1.29 is 19.2 Å². The minimum atomic E-state index is -0.557. The van der Waals surface area contributed by atoms with Crippen molar-refractivity contribution in [1.82, 2.24) is 4.90 Å². The van der Waals surface area contributed by atoms with Crippen molar-refractivity contribution in [1.29, 1.82) is 0 Å². The minimum absolute atomic E-state index is 0.163. The Kier molecular flexibility index (Phi) is 6.29. The van der Waals surface area contributed by atoms with E-state index in [0.717, 1.165) is 0 Å². The van der Waals surface area contributed by atoms with Gasteiger partial charge in [-0.25, -0.2) is 0 Å². The summed E-state index contributed by atoms with van der Waals surface area (Å²) in [5, 5.41) is 10.8. The van der Waals surface area contributed by atoms with Gasteiger partial charge in [0.15, 0.2) is 0 Å². The van der Waals surface area contributed by atoms with E-state index in [4.69, 9.17) is 0 Å². The molecule has 1 amide bonds. The number of amides is 1. The Morgan fingerprint density at radius 3 is 2.67 bits per heavy atom. The summed E-state index contributed by atoms with van der Waals surface area (Å²) in [6.45, 7) is 0.359. The zero-order valence-electron chi connectivity index (χ0n) is 11.7. The van der Waals surface area contributed by atoms with E-state index in [9.17, 15) is 19.7 Å². The van der Waals surface area contributed by atoms with Gasteiger partial charge in [0.1, 0.15) is 0 Å². The van der Waals surface area contributed by atoms with Crippen LogP contribution in [0.4, 0.5) is 5.69 Å². The van der Waals surface area contributed by atoms with Gasteiger partial charge in [-0.15, -0.1) is 0 Å². The lowest BCUT2D eigenvalue weighted by Crippen LogP contribution is -2.28. The van der Waals surface area contributed by atoms with Gasteiger partial charge in [-0.1, -0.05) is 0 Å². The maximum atomic E-state index is 12.1. The van der Waals surface area contributed by atoms with Gasteiger partial charge in [-0.2, -0.15) is 0 Å². The van der Waals surface area contributed by atoms with Crippen molar-refractivity contribution in [2.24, 2.45) is 0 Å². The first kappa shape index (κ1) is 17.1. The smallest absolute Gasteiger partial charge is 0.305 e. The summed E-state index contributed by atoms with van der Waals surface area (Å²) in [6.07, 6.45) is 0.683. The molecule has 0 aromatic heterocycles. The molecule has 8 heteroatoms. The van der Waals surface area contributed by atoms with Gasteiger partial charge in [0.2, 0.25) is 0 Å². The predicted molar refractivity (Wildman–Crippen MR) is 79.0 cm³/mol. The van der Waals surface area contributed by atoms with Gasteiger partial charge in [-0.05, 0) is 34.5 Å². The number of hydrogen-bond donors (Lipinski definition) is 0. The molecule has 0 radical (unpaired) electrons. The summed E-state index contributed by atoms with van der Waals surface area (Å²) in [7, 11) is 2.88. The van der Waals surface area contributed by atoms with E-state index in [2.05, 4.69) is 20.7 Å². The molecule has 7 nitrogen and oxygen atoms in total. The van der Waals surface area contributed by atoms with Gasteiger partial charge in [-0.3, -0.25) is 19.7 Å². The number of esters is 1. The van der Waals surface area contributed by atoms with Crippen LogP contribution in [0.5, 0.6) is 0 Å². The molecule has 0 unspecified atom stereocenters. The van der Waals surface area contributed by atoms with Crippen LogP contribution >= 0.6 is 15.9 Å². The molecule has 1 aromatic rings. The van der Waals surface area contributed by atoms with Crippen LogP contribution in [0, 0.1) is 10.1 Å². The molecule has 0 aliphatic rings. The summed E-state index contributed by atoms with van der Waals surface area (Å²) >= 11 is 3.07. The number of carbonyl (C=O) groups is 2. The Morgan fingerprint density at radius 1 is 1.43 bits per heavy atom. The van der Waals surface area contributed by atoms with Gasteiger partial charge in [0.25, 0.3) is 11.6 Å². The first-order valence-corrected chi connectivity index (χ1v) is 6.92. The summed E-state index contributed by atoms with van der Waals surface area (Å²) in [5.74, 6) is -0.675. The van der Waals surface area contributed by atoms with Crippen molar-refractivity contribution >= 4 is 33.5 Å². The SMILES string of the molecule is COC(=O)CCCN(C)C(=O)c1ccc(Br)c([N+](=O)[O-])c1. The van der Waals surface area contributed by atoms with E-state index in [1.807, 2.05) is 0 Å². The fourth-order valence-electron chi connectivity index (χ4n) is 1.67. The van der Waals surface area contributed by atoms with Crippen LogP contribution in [-0.4, -0.2) is 42.4 Å². The van der Waals surface area contributed by atoms with Crippen LogP contribution < -0.4 is 0 Å². The Hall–Kier alpha value is -1.96. The molecule has 0 aliphatic carbocycles. The molecule has 0 spiro atoms. The third-order valence-electron chi connectivity index (χ3n) is 2.84. The number of nitro groups is 1. The van der Waals surface area contributed by atoms with Crippen molar-refractivity contribution in [3.05, 3.63) is 38.3 Å². The Bertz CT molecular complexity index is 561. The molecule has 0 atom stereocenters. The van der Waals surface area contributed by atoms with Crippen molar-refractivity contribution in [3.8, 4) is 0 Å². The van der Waals surface area contributed by atoms with E-state index in [-0.39, 0.29) is 29.5 Å². The maximum Gasteiger partial charge on any atom is 0.305 e. The molecule has 21 heavy (non-hydrogen) atoms. The first-order valence-electron chi connectivity index (χ1n) is 6.13. The van der Waals surface area contributed by atoms with Crippen LogP contribution in [0.25, 0.3) is 0 Å². The normalized spacial score (nSPS) is 10.0. The predicted octanol–water partition coefficient (Wildman–Crippen LogP) is 2.38. The Balaban J connectivity index is 2.72. The third-order valence-corrected chi connectivity index (χ3v) is 3.51. The quantitative estimate of drug-likeness (QED) is 0.442. The standard InChI is InChI=1S/C13H15BrN2O5/c1-15(7-3-4-12(17)21-2)13(18)9-5-6-10(14)11(8-9)16(19)20/h5-6,8H,3-4,7H2,1-2H3. The highest BCUT2D eigenvalue weighted by Crippen LogP contribution is 2.26. The van der Waals surface area contributed by atoms with Crippen LogP contribution in [-0.2, 0) is 9.53 Å². The molecule has 114 valence electrons. The van der Waals surface area contributed by atoms with Crippen molar-refractivity contribution in [2.75, 3.05) is 20.7 Å². The third kappa shape index (κ3) is 4.82. The highest BCUT2D eigenvalue weighted by atomic mass is 79.9. The summed E-state index contributed by atoms with van der Waals surface area (Å²) in [4.78, 5) is 34.8. The summed E-state index contributed by atoms with van der Waals surface area (Å²) in [6, 6.07) is 4.20. The summed E-state index contributed by atoms with van der Waals surface area (Å²) < 4.78 is 4.83. The number of ether oxygens (including phenoxy) is 1. The van der Waals surface area contributed by atoms with E-state index in [1.165, 1.54) is 30.2 Å². The van der Waals surface area contributed by atoms with Crippen LogP contribution in [0.1, 0.15) is 23.2 Å². The second-order valence-electron chi connectivity index (χ2n) is 4.33. The molecule has 0 fully saturated rings. The molecule has 0 aliphatic heterocycles. The number of rotatable bonds is 6. The van der Waals surface area contributed by atoms with Gasteiger partial charge in [0.05, 0.1) is 16.5 Å². The fraction of sp³-hybridized carbons (Fsp3) is 0.385. The van der Waals surface area contributed by atoms with Crippen LogP contribution in [0.15, 0.2) is 22.7 Å². The zero-order valence-corrected chi connectivity index (χ0v) is 13.3. The van der Waals surface area contributed by atoms with Crippen LogP contribution in [0.2, 0.25) is 0 Å². The zero-order chi connectivity index (χ0) is 16.0. The van der Waals surface area contributed by atoms with Gasteiger partial charge in [0, 0.05) is 31.6 Å². The van der Waals surface area contributed by atoms with E-state index >= 15 is 0 Å². The highest BCUT2D eigenvalue weighted by Gasteiger charge is 2.18. The van der Waals surface area contributed by atoms with E-state index in [0.29, 0.717) is 17.4 Å². The largest absolute Gasteiger partial charge is 0.469 e. The Labute approximate surface area is 130 Å². The molecule has 0 N–H and O–H groups in total. The minimum Gasteiger partial charge on any atom is -0.469 e. The number of nitrogens with zero attached hydrogens (tertiary/aromatic N) is 2. The van der Waals surface area contributed by atoms with Crippen molar-refractivity contribution in [2.45, 2.75) is 12.8 Å². The van der Waals surface area contributed by atoms with Gasteiger partial charge >= 0.3 is 5.97 Å². The van der Waals surface area contributed by atoms with Crippen molar-refractivity contribution in [3.63, 3.8) is 0 Å². The fourth-order valence-corrected chi connectivity index (χ4v) is 2.06. The molecule has 0 bridgehead atoms. The number of carbonyl (C=O) groups excluding carboxylic acids is 2. The Morgan fingerprint density at radius 2 is 2.10 bits per heavy atom. The number of methoxy groups -OCH3 is 1.